The molecule has 0 saturated carbocycles. The molecule has 0 unspecified atom stereocenters. The van der Waals surface area contributed by atoms with Gasteiger partial charge >= 0.3 is 0 Å². The Labute approximate surface area is 330 Å². The third-order valence-corrected chi connectivity index (χ3v) is 11.1. The van der Waals surface area contributed by atoms with Crippen molar-refractivity contribution >= 4 is 60.9 Å². The fourth-order valence-electron chi connectivity index (χ4n) is 8.37. The summed E-state index contributed by atoms with van der Waals surface area (Å²) in [6.45, 7) is 0. The van der Waals surface area contributed by atoms with E-state index in [4.69, 9.17) is 8.83 Å². The number of fused-ring (bicyclic) bond motifs is 6. The fourth-order valence-corrected chi connectivity index (χ4v) is 8.37. The van der Waals surface area contributed by atoms with Gasteiger partial charge in [0.2, 0.25) is 0 Å². The van der Waals surface area contributed by atoms with Crippen molar-refractivity contribution in [3.63, 3.8) is 0 Å². The Bertz CT molecular complexity index is 3150. The van der Waals surface area contributed by atoms with Crippen LogP contribution in [0.5, 0.6) is 0 Å². The van der Waals surface area contributed by atoms with Crippen LogP contribution in [0.1, 0.15) is 0 Å². The second-order valence-corrected chi connectivity index (χ2v) is 14.5. The Morgan fingerprint density at radius 1 is 0.281 bits per heavy atom. The van der Waals surface area contributed by atoms with Gasteiger partial charge in [-0.2, -0.15) is 0 Å². The zero-order chi connectivity index (χ0) is 37.7. The predicted molar refractivity (Wildman–Crippen MR) is 237 cm³/mol. The van der Waals surface area contributed by atoms with Crippen LogP contribution in [0.3, 0.4) is 0 Å². The average molecular weight is 730 g/mol. The van der Waals surface area contributed by atoms with E-state index in [1.54, 1.807) is 0 Å². The molecule has 9 aromatic carbocycles. The molecule has 0 fully saturated rings. The molecule has 0 aliphatic heterocycles. The van der Waals surface area contributed by atoms with Gasteiger partial charge in [-0.1, -0.05) is 140 Å². The van der Waals surface area contributed by atoms with Crippen molar-refractivity contribution in [2.24, 2.45) is 0 Å². The van der Waals surface area contributed by atoms with Crippen molar-refractivity contribution in [3.8, 4) is 44.5 Å². The zero-order valence-corrected chi connectivity index (χ0v) is 31.0. The smallest absolute Gasteiger partial charge is 0.137 e. The lowest BCUT2D eigenvalue weighted by atomic mass is 9.93. The predicted octanol–water partition coefficient (Wildman–Crippen LogP) is 15.6. The molecule has 57 heavy (non-hydrogen) atoms. The summed E-state index contributed by atoms with van der Waals surface area (Å²) in [5.41, 5.74) is 16.0. The maximum atomic E-state index is 6.40. The van der Waals surface area contributed by atoms with Crippen LogP contribution in [0.15, 0.2) is 221 Å². The number of para-hydroxylation sites is 2. The van der Waals surface area contributed by atoms with Gasteiger partial charge in [0.15, 0.2) is 0 Å². The Kier molecular flexibility index (Phi) is 7.82. The van der Waals surface area contributed by atoms with Gasteiger partial charge in [-0.15, -0.1) is 0 Å². The van der Waals surface area contributed by atoms with E-state index >= 15 is 0 Å². The molecule has 11 aromatic rings. The molecule has 0 bridgehead atoms. The Balaban J connectivity index is 1.05. The molecular formula is C54H35NO2. The van der Waals surface area contributed by atoms with E-state index < -0.39 is 0 Å². The topological polar surface area (TPSA) is 29.5 Å². The number of hydrogen-bond acceptors (Lipinski definition) is 3. The second kappa shape index (κ2) is 13.6. The molecule has 0 spiro atoms. The number of benzene rings is 9. The summed E-state index contributed by atoms with van der Waals surface area (Å²) in [6.07, 6.45) is 0. The van der Waals surface area contributed by atoms with Crippen molar-refractivity contribution in [1.82, 2.24) is 0 Å². The molecular weight excluding hydrogens is 695 g/mol. The number of rotatable bonds is 7. The normalized spacial score (nSPS) is 11.5. The lowest BCUT2D eigenvalue weighted by Gasteiger charge is -2.27. The minimum atomic E-state index is 0.858. The number of anilines is 3. The zero-order valence-electron chi connectivity index (χ0n) is 31.0. The maximum absolute atomic E-state index is 6.40. The van der Waals surface area contributed by atoms with Gasteiger partial charge < -0.3 is 13.7 Å². The quantitative estimate of drug-likeness (QED) is 0.164. The molecule has 268 valence electrons. The van der Waals surface area contributed by atoms with Crippen LogP contribution in [0.25, 0.3) is 88.4 Å². The van der Waals surface area contributed by atoms with E-state index in [1.807, 2.05) is 24.3 Å². The van der Waals surface area contributed by atoms with Crippen molar-refractivity contribution in [2.45, 2.75) is 0 Å². The van der Waals surface area contributed by atoms with Crippen molar-refractivity contribution < 1.29 is 8.83 Å². The summed E-state index contributed by atoms with van der Waals surface area (Å²) in [4.78, 5) is 2.35. The number of nitrogens with zero attached hydrogens (tertiary/aromatic N) is 1. The van der Waals surface area contributed by atoms with E-state index in [-0.39, 0.29) is 0 Å². The molecule has 0 N–H and O–H groups in total. The minimum absolute atomic E-state index is 0.858. The van der Waals surface area contributed by atoms with Gasteiger partial charge in [0, 0.05) is 27.5 Å². The fraction of sp³-hybridized carbons (Fsp3) is 0. The van der Waals surface area contributed by atoms with Crippen molar-refractivity contribution in [1.29, 1.82) is 0 Å². The van der Waals surface area contributed by atoms with Crippen LogP contribution in [-0.2, 0) is 0 Å². The Morgan fingerprint density at radius 2 is 0.702 bits per heavy atom. The highest BCUT2D eigenvalue weighted by Gasteiger charge is 2.20. The summed E-state index contributed by atoms with van der Waals surface area (Å²) in [5, 5.41) is 4.43. The summed E-state index contributed by atoms with van der Waals surface area (Å²) >= 11 is 0. The molecule has 0 saturated heterocycles. The summed E-state index contributed by atoms with van der Waals surface area (Å²) in [7, 11) is 0. The minimum Gasteiger partial charge on any atom is -0.456 e. The third-order valence-electron chi connectivity index (χ3n) is 11.1. The monoisotopic (exact) mass is 729 g/mol. The molecule has 3 nitrogen and oxygen atoms in total. The number of furan rings is 2. The largest absolute Gasteiger partial charge is 0.456 e. The highest BCUT2D eigenvalue weighted by Crippen LogP contribution is 2.45. The molecule has 0 atom stereocenters. The second-order valence-electron chi connectivity index (χ2n) is 14.5. The van der Waals surface area contributed by atoms with Gasteiger partial charge in [-0.3, -0.25) is 0 Å². The van der Waals surface area contributed by atoms with Crippen LogP contribution < -0.4 is 4.90 Å². The molecule has 11 rings (SSSR count). The van der Waals surface area contributed by atoms with Crippen LogP contribution in [0.2, 0.25) is 0 Å². The standard InChI is InChI=1S/C54H35NO2/c1-3-13-36(14-4-1)40-33-41(37-15-5-2-6-16-37)35-42(34-40)38-25-29-43(30-26-38)55(48-20-12-24-52-54(48)47-18-8-10-22-50(47)57-52)44-31-27-39(28-32-44)45-19-11-23-51-53(45)46-17-7-9-21-49(46)56-51/h1-35H. The lowest BCUT2D eigenvalue weighted by molar-refractivity contribution is 0.668. The van der Waals surface area contributed by atoms with Gasteiger partial charge in [0.25, 0.3) is 0 Å². The van der Waals surface area contributed by atoms with Crippen LogP contribution in [-0.4, -0.2) is 0 Å². The highest BCUT2D eigenvalue weighted by molar-refractivity contribution is 6.14. The molecule has 0 aliphatic carbocycles. The van der Waals surface area contributed by atoms with E-state index in [2.05, 4.69) is 193 Å². The van der Waals surface area contributed by atoms with Crippen LogP contribution >= 0.6 is 0 Å². The molecule has 2 heterocycles. The summed E-state index contributed by atoms with van der Waals surface area (Å²) in [5.74, 6) is 0. The van der Waals surface area contributed by atoms with Crippen molar-refractivity contribution in [3.05, 3.63) is 212 Å². The Morgan fingerprint density at radius 3 is 1.26 bits per heavy atom. The summed E-state index contributed by atoms with van der Waals surface area (Å²) < 4.78 is 12.6. The highest BCUT2D eigenvalue weighted by atomic mass is 16.3. The number of hydrogen-bond donors (Lipinski definition) is 0. The van der Waals surface area contributed by atoms with Crippen LogP contribution in [0, 0.1) is 0 Å². The maximum Gasteiger partial charge on any atom is 0.137 e. The van der Waals surface area contributed by atoms with Gasteiger partial charge in [-0.05, 0) is 117 Å². The SMILES string of the molecule is c1ccc(-c2cc(-c3ccccc3)cc(-c3ccc(N(c4ccc(-c5cccc6oc7ccccc7c56)cc4)c4cccc5oc6ccccc6c45)cc3)c2)cc1. The molecule has 3 heteroatoms. The van der Waals surface area contributed by atoms with E-state index in [9.17, 15) is 0 Å². The lowest BCUT2D eigenvalue weighted by Crippen LogP contribution is -2.10. The summed E-state index contributed by atoms with van der Waals surface area (Å²) in [6, 6.07) is 75.2. The molecule has 2 aromatic heterocycles. The first-order chi connectivity index (χ1) is 28.2. The Hall–Kier alpha value is -7.62. The third kappa shape index (κ3) is 5.76. The van der Waals surface area contributed by atoms with E-state index in [0.29, 0.717) is 0 Å². The van der Waals surface area contributed by atoms with Gasteiger partial charge in [0.05, 0.1) is 11.1 Å². The first-order valence-corrected chi connectivity index (χ1v) is 19.3. The van der Waals surface area contributed by atoms with Gasteiger partial charge in [0.1, 0.15) is 22.3 Å². The first kappa shape index (κ1) is 32.8. The molecule has 0 aliphatic rings. The van der Waals surface area contributed by atoms with Crippen LogP contribution in [0.4, 0.5) is 17.1 Å². The first-order valence-electron chi connectivity index (χ1n) is 19.3. The van der Waals surface area contributed by atoms with E-state index in [1.165, 1.54) is 27.8 Å². The van der Waals surface area contributed by atoms with E-state index in [0.717, 1.165) is 77.6 Å². The average Bonchev–Trinajstić information content (AvgIpc) is 3.87. The van der Waals surface area contributed by atoms with Crippen molar-refractivity contribution in [2.75, 3.05) is 4.90 Å². The molecule has 0 radical (unpaired) electrons. The molecule has 0 amide bonds. The van der Waals surface area contributed by atoms with Gasteiger partial charge in [-0.25, -0.2) is 0 Å².